The molecule has 57 heavy (non-hydrogen) atoms. The van der Waals surface area contributed by atoms with Crippen LogP contribution in [-0.2, 0) is 20.9 Å². The number of imidazole rings is 2. The Labute approximate surface area is 333 Å². The van der Waals surface area contributed by atoms with Gasteiger partial charge >= 0.3 is 6.09 Å². The van der Waals surface area contributed by atoms with Gasteiger partial charge in [-0.1, -0.05) is 74.9 Å². The van der Waals surface area contributed by atoms with Gasteiger partial charge < -0.3 is 35.0 Å². The van der Waals surface area contributed by atoms with Crippen molar-refractivity contribution in [3.8, 4) is 39.5 Å². The maximum atomic E-state index is 13.4. The number of amides is 3. The number of pyridine rings is 1. The summed E-state index contributed by atoms with van der Waals surface area (Å²) in [7, 11) is 2.89. The predicted octanol–water partition coefficient (Wildman–Crippen LogP) is 7.32. The van der Waals surface area contributed by atoms with Gasteiger partial charge in [0, 0.05) is 31.3 Å². The lowest BCUT2D eigenvalue weighted by atomic mass is 9.88. The van der Waals surface area contributed by atoms with E-state index in [9.17, 15) is 14.4 Å². The minimum atomic E-state index is -0.654. The quantitative estimate of drug-likeness (QED) is 0.108. The zero-order valence-electron chi connectivity index (χ0n) is 33.0. The van der Waals surface area contributed by atoms with Gasteiger partial charge in [-0.3, -0.25) is 9.59 Å². The number of alkyl carbamates (subject to hydrolysis) is 1. The zero-order chi connectivity index (χ0) is 39.9. The number of hydrogen-bond donors (Lipinski definition) is 4. The highest BCUT2D eigenvalue weighted by Crippen LogP contribution is 2.48. The number of nitrogens with one attached hydrogen (secondary N) is 4. The average Bonchev–Trinajstić information content (AvgIpc) is 4.11. The maximum Gasteiger partial charge on any atom is 0.407 e. The highest BCUT2D eigenvalue weighted by molar-refractivity contribution is 5.86. The Morgan fingerprint density at radius 3 is 2.14 bits per heavy atom. The van der Waals surface area contributed by atoms with Crippen molar-refractivity contribution in [3.63, 3.8) is 0 Å². The second-order valence-electron chi connectivity index (χ2n) is 15.6. The fraction of sp³-hybridized carbons (Fsp3) is 0.409. The van der Waals surface area contributed by atoms with Crippen LogP contribution in [0.15, 0.2) is 85.6 Å². The van der Waals surface area contributed by atoms with E-state index < -0.39 is 12.1 Å². The Morgan fingerprint density at radius 1 is 0.842 bits per heavy atom. The number of H-pyrrole nitrogens is 2. The monoisotopic (exact) mass is 772 g/mol. The van der Waals surface area contributed by atoms with Crippen LogP contribution < -0.4 is 15.4 Å². The molecule has 1 aliphatic heterocycles. The third-order valence-corrected chi connectivity index (χ3v) is 11.6. The summed E-state index contributed by atoms with van der Waals surface area (Å²) in [5, 5.41) is 5.73. The highest BCUT2D eigenvalue weighted by atomic mass is 16.5. The second-order valence-corrected chi connectivity index (χ2v) is 15.6. The molecule has 13 nitrogen and oxygen atoms in total. The lowest BCUT2D eigenvalue weighted by Crippen LogP contribution is -2.51. The van der Waals surface area contributed by atoms with Crippen LogP contribution in [0.1, 0.15) is 69.8 Å². The number of likely N-dealkylation sites (tertiary alicyclic amines) is 1. The van der Waals surface area contributed by atoms with Gasteiger partial charge in [0.25, 0.3) is 0 Å². The Hall–Kier alpha value is -5.98. The molecule has 2 saturated carbocycles. The Bertz CT molecular complexity index is 2100. The number of nitrogens with zero attached hydrogens (tertiary/aromatic N) is 4. The average molecular weight is 773 g/mol. The van der Waals surface area contributed by atoms with Gasteiger partial charge in [-0.15, -0.1) is 0 Å². The summed E-state index contributed by atoms with van der Waals surface area (Å²) in [5.74, 6) is 3.09. The van der Waals surface area contributed by atoms with E-state index in [2.05, 4.69) is 84.1 Å². The van der Waals surface area contributed by atoms with E-state index in [1.165, 1.54) is 26.4 Å². The molecule has 5 unspecified atom stereocenters. The fourth-order valence-corrected chi connectivity index (χ4v) is 8.47. The second kappa shape index (κ2) is 17.9. The number of methoxy groups -OCH3 is 2. The highest BCUT2D eigenvalue weighted by Gasteiger charge is 2.43. The topological polar surface area (TPSA) is 167 Å². The van der Waals surface area contributed by atoms with Crippen molar-refractivity contribution >= 4 is 17.9 Å². The van der Waals surface area contributed by atoms with Crippen LogP contribution >= 0.6 is 0 Å². The van der Waals surface area contributed by atoms with Crippen LogP contribution in [0.2, 0.25) is 0 Å². The van der Waals surface area contributed by atoms with Gasteiger partial charge in [0.05, 0.1) is 50.4 Å². The largest absolute Gasteiger partial charge is 0.481 e. The van der Waals surface area contributed by atoms with Crippen LogP contribution in [0, 0.1) is 23.7 Å². The molecule has 3 amide bonds. The number of aromatic amines is 2. The summed E-state index contributed by atoms with van der Waals surface area (Å²) in [6.45, 7) is 5.00. The third-order valence-electron chi connectivity index (χ3n) is 11.6. The number of carbonyl (C=O) groups is 3. The Morgan fingerprint density at radius 2 is 1.56 bits per heavy atom. The molecule has 3 fully saturated rings. The first-order valence-corrected chi connectivity index (χ1v) is 19.9. The summed E-state index contributed by atoms with van der Waals surface area (Å²) in [5.41, 5.74) is 7.26. The smallest absolute Gasteiger partial charge is 0.407 e. The van der Waals surface area contributed by atoms with E-state index in [1.54, 1.807) is 19.6 Å². The number of benzene rings is 2. The van der Waals surface area contributed by atoms with Gasteiger partial charge in [-0.2, -0.15) is 0 Å². The standard InChI is InChI=1S/C29H32N6O3.C15H20N2O2/c1-18(2)26(34-29(37)38-3)28(36)35-14-4-5-25(35)27-31-16-24(33-27)22-12-8-20(9-13-22)19-6-10-21(11-7-19)23-15-30-17-32-23;1-19-14-5-3-11(8-16-14)9-17-15(18)13-7-10-2-4-12(13)6-10/h6-13,15-18,25-26H,4-5,14H2,1-3H3,(H,30,32)(H,31,33)(H,34,37);3,5,8,10,12-13H,2,4,6-7,9H2,1H3,(H,17,18). The minimum absolute atomic E-state index is 0.0739. The molecule has 4 N–H and O–H groups in total. The van der Waals surface area contributed by atoms with Crippen molar-refractivity contribution in [1.29, 1.82) is 0 Å². The number of fused-ring (bicyclic) bond motifs is 2. The Balaban J connectivity index is 0.000000218. The van der Waals surface area contributed by atoms with Crippen LogP contribution in [0.5, 0.6) is 5.88 Å². The van der Waals surface area contributed by atoms with E-state index in [0.717, 1.165) is 70.2 Å². The van der Waals surface area contributed by atoms with E-state index in [4.69, 9.17) is 9.47 Å². The van der Waals surface area contributed by atoms with E-state index in [0.29, 0.717) is 24.9 Å². The summed E-state index contributed by atoms with van der Waals surface area (Å²) in [6, 6.07) is 19.6. The van der Waals surface area contributed by atoms with Gasteiger partial charge in [0.1, 0.15) is 11.9 Å². The van der Waals surface area contributed by atoms with Crippen molar-refractivity contribution in [2.75, 3.05) is 20.8 Å². The molecular weight excluding hydrogens is 721 g/mol. The summed E-state index contributed by atoms with van der Waals surface area (Å²) in [4.78, 5) is 58.6. The summed E-state index contributed by atoms with van der Waals surface area (Å²) in [6.07, 6.45) is 13.1. The molecule has 2 aliphatic carbocycles. The molecule has 1 saturated heterocycles. The van der Waals surface area contributed by atoms with Crippen LogP contribution in [0.3, 0.4) is 0 Å². The molecule has 0 spiro atoms. The molecule has 0 radical (unpaired) electrons. The summed E-state index contributed by atoms with van der Waals surface area (Å²) < 4.78 is 9.73. The molecule has 298 valence electrons. The summed E-state index contributed by atoms with van der Waals surface area (Å²) >= 11 is 0. The first-order valence-electron chi connectivity index (χ1n) is 19.9. The van der Waals surface area contributed by atoms with Gasteiger partial charge in [0.15, 0.2) is 0 Å². The SMILES string of the molecule is COC(=O)NC(C(=O)N1CCCC1c1ncc(-c2ccc(-c3ccc(-c4cnc[nH]4)cc3)cc2)[nH]1)C(C)C.COc1ccc(CNC(=O)C2CC3CCC2C3)cn1. The first-order chi connectivity index (χ1) is 27.7. The number of carbonyl (C=O) groups excluding carboxylic acids is 3. The van der Waals surface area contributed by atoms with Gasteiger partial charge in [-0.05, 0) is 77.7 Å². The molecular formula is C44H52N8O5. The first kappa shape index (κ1) is 39.3. The number of aromatic nitrogens is 5. The Kier molecular flexibility index (Phi) is 12.3. The molecule has 8 rings (SSSR count). The van der Waals surface area contributed by atoms with Crippen LogP contribution in [0.4, 0.5) is 4.79 Å². The zero-order valence-corrected chi connectivity index (χ0v) is 33.0. The lowest BCUT2D eigenvalue weighted by molar-refractivity contribution is -0.135. The van der Waals surface area contributed by atoms with Crippen molar-refractivity contribution in [2.24, 2.45) is 23.7 Å². The normalized spacial score (nSPS) is 20.1. The number of hydrogen-bond acceptors (Lipinski definition) is 8. The fourth-order valence-electron chi connectivity index (χ4n) is 8.47. The molecule has 5 aromatic rings. The van der Waals surface area contributed by atoms with Crippen LogP contribution in [-0.4, -0.2) is 74.5 Å². The van der Waals surface area contributed by atoms with E-state index in [1.807, 2.05) is 43.3 Å². The van der Waals surface area contributed by atoms with Gasteiger partial charge in [-0.25, -0.2) is 19.7 Å². The van der Waals surface area contributed by atoms with E-state index in [-0.39, 0.29) is 29.7 Å². The third kappa shape index (κ3) is 9.19. The van der Waals surface area contributed by atoms with Crippen molar-refractivity contribution in [2.45, 2.75) is 71.0 Å². The predicted molar refractivity (Wildman–Crippen MR) is 216 cm³/mol. The van der Waals surface area contributed by atoms with E-state index >= 15 is 0 Å². The van der Waals surface area contributed by atoms with Crippen molar-refractivity contribution in [1.82, 2.24) is 40.5 Å². The lowest BCUT2D eigenvalue weighted by Gasteiger charge is -2.30. The minimum Gasteiger partial charge on any atom is -0.481 e. The van der Waals surface area contributed by atoms with Crippen molar-refractivity contribution in [3.05, 3.63) is 97.0 Å². The molecule has 4 heterocycles. The van der Waals surface area contributed by atoms with Gasteiger partial charge in [0.2, 0.25) is 17.7 Å². The molecule has 2 bridgehead atoms. The molecule has 2 aromatic carbocycles. The maximum absolute atomic E-state index is 13.4. The number of ether oxygens (including phenoxy) is 2. The van der Waals surface area contributed by atoms with Crippen LogP contribution in [0.25, 0.3) is 33.6 Å². The molecule has 5 atom stereocenters. The molecule has 13 heteroatoms. The molecule has 3 aliphatic rings. The number of rotatable bonds is 11. The van der Waals surface area contributed by atoms with Crippen molar-refractivity contribution < 1.29 is 23.9 Å². The molecule has 3 aromatic heterocycles.